The van der Waals surface area contributed by atoms with Crippen LogP contribution >= 0.6 is 11.3 Å². The molecule has 1 N–H and O–H groups in total. The van der Waals surface area contributed by atoms with Crippen LogP contribution in [0.2, 0.25) is 0 Å². The monoisotopic (exact) mass is 406 g/mol. The Bertz CT molecular complexity index is 1080. The van der Waals surface area contributed by atoms with Crippen LogP contribution in [-0.4, -0.2) is 18.5 Å². The smallest absolute Gasteiger partial charge is 0.340 e. The van der Waals surface area contributed by atoms with Crippen molar-refractivity contribution in [3.05, 3.63) is 87.9 Å². The van der Waals surface area contributed by atoms with Crippen LogP contribution in [-0.2, 0) is 14.3 Å². The first-order valence-electron chi connectivity index (χ1n) is 8.54. The number of ether oxygens (including phenoxy) is 1. The van der Waals surface area contributed by atoms with Crippen LogP contribution < -0.4 is 5.32 Å². The molecule has 0 aliphatic heterocycles. The molecule has 0 aliphatic rings. The van der Waals surface area contributed by atoms with Crippen LogP contribution in [0.15, 0.2) is 66.0 Å². The topological polar surface area (TPSA) is 79.2 Å². The van der Waals surface area contributed by atoms with E-state index in [1.807, 2.05) is 11.4 Å². The Hall–Kier alpha value is -3.76. The second-order valence-corrected chi connectivity index (χ2v) is 6.82. The van der Waals surface area contributed by atoms with Crippen molar-refractivity contribution in [2.75, 3.05) is 11.9 Å². The number of halogens is 1. The average molecular weight is 406 g/mol. The Balaban J connectivity index is 1.71. The highest BCUT2D eigenvalue weighted by molar-refractivity contribution is 7.11. The zero-order valence-electron chi connectivity index (χ0n) is 15.1. The normalized spacial score (nSPS) is 10.8. The summed E-state index contributed by atoms with van der Waals surface area (Å²) in [6.07, 6.45) is 1.58. The molecule has 0 unspecified atom stereocenters. The molecule has 3 aromatic rings. The maximum absolute atomic E-state index is 13.1. The maximum Gasteiger partial charge on any atom is 0.340 e. The number of carbonyl (C=O) groups is 2. The lowest BCUT2D eigenvalue weighted by Crippen LogP contribution is -2.21. The number of rotatable bonds is 6. The molecule has 1 heterocycles. The van der Waals surface area contributed by atoms with Crippen molar-refractivity contribution in [1.82, 2.24) is 0 Å². The standard InChI is InChI=1S/C22H15FN2O3S/c23-17-9-7-15(8-10-17)12-18(20-6-3-11-29-20)22(27)28-14-21(26)25-19-5-2-1-4-16(19)13-24/h1-12H,14H2,(H,25,26). The molecular formula is C22H15FN2O3S. The largest absolute Gasteiger partial charge is 0.452 e. The van der Waals surface area contributed by atoms with Crippen molar-refractivity contribution in [1.29, 1.82) is 5.26 Å². The van der Waals surface area contributed by atoms with Gasteiger partial charge in [-0.3, -0.25) is 4.79 Å². The third-order valence-electron chi connectivity index (χ3n) is 3.84. The zero-order chi connectivity index (χ0) is 20.6. The lowest BCUT2D eigenvalue weighted by atomic mass is 10.1. The second kappa shape index (κ2) is 9.44. The van der Waals surface area contributed by atoms with Gasteiger partial charge in [0.25, 0.3) is 5.91 Å². The number of amides is 1. The highest BCUT2D eigenvalue weighted by atomic mass is 32.1. The number of nitriles is 1. The number of hydrogen-bond donors (Lipinski definition) is 1. The number of carbonyl (C=O) groups excluding carboxylic acids is 2. The number of nitrogens with one attached hydrogen (secondary N) is 1. The Kier molecular flexibility index (Phi) is 6.51. The Morgan fingerprint density at radius 2 is 1.86 bits per heavy atom. The summed E-state index contributed by atoms with van der Waals surface area (Å²) in [5.74, 6) is -1.62. The second-order valence-electron chi connectivity index (χ2n) is 5.87. The fraction of sp³-hybridized carbons (Fsp3) is 0.0455. The van der Waals surface area contributed by atoms with Crippen LogP contribution in [0.25, 0.3) is 11.6 Å². The predicted molar refractivity (Wildman–Crippen MR) is 109 cm³/mol. The minimum absolute atomic E-state index is 0.261. The molecule has 144 valence electrons. The van der Waals surface area contributed by atoms with E-state index in [0.29, 0.717) is 21.7 Å². The number of benzene rings is 2. The Morgan fingerprint density at radius 3 is 2.55 bits per heavy atom. The maximum atomic E-state index is 13.1. The van der Waals surface area contributed by atoms with E-state index in [4.69, 9.17) is 10.00 Å². The van der Waals surface area contributed by atoms with Crippen LogP contribution in [0.5, 0.6) is 0 Å². The van der Waals surface area contributed by atoms with Crippen molar-refractivity contribution < 1.29 is 18.7 Å². The fourth-order valence-corrected chi connectivity index (χ4v) is 3.20. The van der Waals surface area contributed by atoms with Gasteiger partial charge in [0.05, 0.1) is 16.8 Å². The van der Waals surface area contributed by atoms with E-state index < -0.39 is 18.5 Å². The molecule has 0 saturated carbocycles. The average Bonchev–Trinajstić information content (AvgIpc) is 3.26. The lowest BCUT2D eigenvalue weighted by Gasteiger charge is -2.09. The van der Waals surface area contributed by atoms with E-state index in [1.54, 1.807) is 54.6 Å². The number of anilines is 1. The van der Waals surface area contributed by atoms with Crippen molar-refractivity contribution in [2.24, 2.45) is 0 Å². The summed E-state index contributed by atoms with van der Waals surface area (Å²) < 4.78 is 18.3. The predicted octanol–water partition coefficient (Wildman–Crippen LogP) is 4.48. The molecule has 0 fully saturated rings. The summed E-state index contributed by atoms with van der Waals surface area (Å²) in [4.78, 5) is 25.4. The van der Waals surface area contributed by atoms with Gasteiger partial charge in [0.1, 0.15) is 11.9 Å². The van der Waals surface area contributed by atoms with Gasteiger partial charge in [-0.1, -0.05) is 30.3 Å². The number of para-hydroxylation sites is 1. The Labute approximate surface area is 170 Å². The van der Waals surface area contributed by atoms with Crippen LogP contribution in [0.1, 0.15) is 16.0 Å². The molecule has 3 rings (SSSR count). The summed E-state index contributed by atoms with van der Waals surface area (Å²) >= 11 is 1.34. The van der Waals surface area contributed by atoms with Gasteiger partial charge in [-0.05, 0) is 47.4 Å². The lowest BCUT2D eigenvalue weighted by molar-refractivity contribution is -0.141. The molecule has 2 aromatic carbocycles. The molecule has 0 spiro atoms. The van der Waals surface area contributed by atoms with Crippen LogP contribution in [0, 0.1) is 17.1 Å². The van der Waals surface area contributed by atoms with Gasteiger partial charge in [-0.15, -0.1) is 11.3 Å². The van der Waals surface area contributed by atoms with Crippen molar-refractivity contribution in [2.45, 2.75) is 0 Å². The van der Waals surface area contributed by atoms with Crippen LogP contribution in [0.4, 0.5) is 10.1 Å². The van der Waals surface area contributed by atoms with Gasteiger partial charge in [0.15, 0.2) is 6.61 Å². The molecule has 7 heteroatoms. The van der Waals surface area contributed by atoms with Gasteiger partial charge in [0.2, 0.25) is 0 Å². The Morgan fingerprint density at radius 1 is 1.10 bits per heavy atom. The quantitative estimate of drug-likeness (QED) is 0.483. The summed E-state index contributed by atoms with van der Waals surface area (Å²) in [6.45, 7) is -0.509. The third-order valence-corrected chi connectivity index (χ3v) is 4.75. The fourth-order valence-electron chi connectivity index (χ4n) is 2.47. The van der Waals surface area contributed by atoms with Crippen molar-refractivity contribution in [3.8, 4) is 6.07 Å². The summed E-state index contributed by atoms with van der Waals surface area (Å²) in [6, 6.07) is 17.7. The van der Waals surface area contributed by atoms with E-state index >= 15 is 0 Å². The van der Waals surface area contributed by atoms with Crippen LogP contribution in [0.3, 0.4) is 0 Å². The minimum atomic E-state index is -0.680. The summed E-state index contributed by atoms with van der Waals surface area (Å²) in [7, 11) is 0. The molecule has 0 saturated heterocycles. The van der Waals surface area contributed by atoms with Gasteiger partial charge in [0, 0.05) is 4.88 Å². The van der Waals surface area contributed by atoms with E-state index in [1.165, 1.54) is 23.5 Å². The molecule has 0 aliphatic carbocycles. The van der Waals surface area contributed by atoms with Gasteiger partial charge < -0.3 is 10.1 Å². The SMILES string of the molecule is N#Cc1ccccc1NC(=O)COC(=O)C(=Cc1ccc(F)cc1)c1cccs1. The number of nitrogens with zero attached hydrogens (tertiary/aromatic N) is 1. The van der Waals surface area contributed by atoms with Crippen molar-refractivity contribution in [3.63, 3.8) is 0 Å². The molecule has 0 atom stereocenters. The molecule has 1 amide bonds. The molecule has 0 bridgehead atoms. The van der Waals surface area contributed by atoms with E-state index in [-0.39, 0.29) is 11.4 Å². The number of thiophene rings is 1. The number of hydrogen-bond acceptors (Lipinski definition) is 5. The first kappa shape index (κ1) is 20.0. The molecule has 29 heavy (non-hydrogen) atoms. The van der Waals surface area contributed by atoms with E-state index in [9.17, 15) is 14.0 Å². The van der Waals surface area contributed by atoms with Gasteiger partial charge in [-0.2, -0.15) is 5.26 Å². The van der Waals surface area contributed by atoms with Crippen molar-refractivity contribution >= 4 is 40.5 Å². The first-order chi connectivity index (χ1) is 14.1. The highest BCUT2D eigenvalue weighted by Gasteiger charge is 2.17. The van der Waals surface area contributed by atoms with E-state index in [2.05, 4.69) is 5.32 Å². The molecule has 0 radical (unpaired) electrons. The first-order valence-corrected chi connectivity index (χ1v) is 9.42. The van der Waals surface area contributed by atoms with Gasteiger partial charge in [-0.25, -0.2) is 9.18 Å². The third kappa shape index (κ3) is 5.37. The summed E-state index contributed by atoms with van der Waals surface area (Å²) in [5, 5.41) is 13.4. The number of esters is 1. The van der Waals surface area contributed by atoms with E-state index in [0.717, 1.165) is 0 Å². The molecule has 5 nitrogen and oxygen atoms in total. The highest BCUT2D eigenvalue weighted by Crippen LogP contribution is 2.24. The van der Waals surface area contributed by atoms with Gasteiger partial charge >= 0.3 is 5.97 Å². The summed E-state index contributed by atoms with van der Waals surface area (Å²) in [5.41, 5.74) is 1.54. The minimum Gasteiger partial charge on any atom is -0.452 e. The molecular weight excluding hydrogens is 391 g/mol. The zero-order valence-corrected chi connectivity index (χ0v) is 15.9. The molecule has 1 aromatic heterocycles.